The monoisotopic (exact) mass is 272 g/mol. The van der Waals surface area contributed by atoms with E-state index >= 15 is 0 Å². The molecule has 2 N–H and O–H groups in total. The number of nitriles is 1. The number of rotatable bonds is 5. The molecule has 0 bridgehead atoms. The molecular weight excluding hydrogens is 256 g/mol. The van der Waals surface area contributed by atoms with E-state index < -0.39 is 11.5 Å². The first-order valence-electron chi connectivity index (χ1n) is 6.04. The predicted molar refractivity (Wildman–Crippen MR) is 74.7 cm³/mol. The predicted octanol–water partition coefficient (Wildman–Crippen LogP) is 1.94. The second-order valence-electron chi connectivity index (χ2n) is 5.01. The summed E-state index contributed by atoms with van der Waals surface area (Å²) >= 11 is 0. The van der Waals surface area contributed by atoms with E-state index in [4.69, 9.17) is 10.4 Å². The van der Waals surface area contributed by atoms with Gasteiger partial charge in [-0.1, -0.05) is 12.1 Å². The number of carboxylic acid groups (broad SMARTS) is 1. The lowest BCUT2D eigenvalue weighted by Crippen LogP contribution is -2.44. The minimum absolute atomic E-state index is 0.156. The molecule has 0 aliphatic rings. The van der Waals surface area contributed by atoms with Crippen LogP contribution in [0.15, 0.2) is 30.3 Å². The van der Waals surface area contributed by atoms with E-state index in [0.29, 0.717) is 5.56 Å². The molecule has 0 unspecified atom stereocenters. The summed E-state index contributed by atoms with van der Waals surface area (Å²) in [5, 5.41) is 20.1. The largest absolute Gasteiger partial charge is 0.481 e. The van der Waals surface area contributed by atoms with Gasteiger partial charge in [-0.05, 0) is 37.6 Å². The van der Waals surface area contributed by atoms with E-state index in [2.05, 4.69) is 5.32 Å². The lowest BCUT2D eigenvalue weighted by atomic mass is 10.0. The quantitative estimate of drug-likeness (QED) is 0.801. The molecule has 0 heterocycles. The topological polar surface area (TPSA) is 90.2 Å². The van der Waals surface area contributed by atoms with Gasteiger partial charge in [-0.2, -0.15) is 5.26 Å². The van der Waals surface area contributed by atoms with Gasteiger partial charge in [-0.15, -0.1) is 0 Å². The van der Waals surface area contributed by atoms with Crippen LogP contribution in [0.4, 0.5) is 0 Å². The number of aliphatic carboxylic acids is 1. The smallest absolute Gasteiger partial charge is 0.305 e. The Kier molecular flexibility index (Phi) is 5.04. The van der Waals surface area contributed by atoms with Crippen LogP contribution in [0.25, 0.3) is 6.08 Å². The van der Waals surface area contributed by atoms with Gasteiger partial charge in [0.25, 0.3) is 0 Å². The molecule has 20 heavy (non-hydrogen) atoms. The Bertz CT molecular complexity index is 583. The van der Waals surface area contributed by atoms with Gasteiger partial charge in [0.05, 0.1) is 18.1 Å². The third kappa shape index (κ3) is 5.36. The summed E-state index contributed by atoms with van der Waals surface area (Å²) in [4.78, 5) is 22.4. The van der Waals surface area contributed by atoms with Crippen molar-refractivity contribution in [2.45, 2.75) is 25.8 Å². The zero-order chi connectivity index (χ0) is 15.2. The van der Waals surface area contributed by atoms with Gasteiger partial charge in [0.1, 0.15) is 0 Å². The van der Waals surface area contributed by atoms with Gasteiger partial charge >= 0.3 is 5.97 Å². The zero-order valence-corrected chi connectivity index (χ0v) is 11.4. The van der Waals surface area contributed by atoms with Crippen molar-refractivity contribution >= 4 is 18.0 Å². The highest BCUT2D eigenvalue weighted by atomic mass is 16.4. The first kappa shape index (κ1) is 15.4. The van der Waals surface area contributed by atoms with Gasteiger partial charge in [0, 0.05) is 11.6 Å². The van der Waals surface area contributed by atoms with E-state index in [1.165, 1.54) is 6.08 Å². The maximum absolute atomic E-state index is 11.7. The third-order valence-corrected chi connectivity index (χ3v) is 2.50. The average Bonchev–Trinajstić information content (AvgIpc) is 2.34. The molecule has 0 radical (unpaired) electrons. The number of carbonyl (C=O) groups is 2. The fourth-order valence-corrected chi connectivity index (χ4v) is 1.68. The molecule has 0 saturated carbocycles. The van der Waals surface area contributed by atoms with Gasteiger partial charge in [-0.25, -0.2) is 0 Å². The van der Waals surface area contributed by atoms with Crippen molar-refractivity contribution in [3.05, 3.63) is 41.5 Å². The van der Waals surface area contributed by atoms with Crippen LogP contribution in [0.3, 0.4) is 0 Å². The Hall–Kier alpha value is -2.61. The highest BCUT2D eigenvalue weighted by molar-refractivity contribution is 5.92. The molecule has 1 aromatic rings. The molecule has 0 saturated heterocycles. The van der Waals surface area contributed by atoms with Crippen LogP contribution in [0.2, 0.25) is 0 Å². The van der Waals surface area contributed by atoms with Crippen LogP contribution in [-0.2, 0) is 9.59 Å². The summed E-state index contributed by atoms with van der Waals surface area (Å²) in [6, 6.07) is 8.85. The Morgan fingerprint density at radius 2 is 2.15 bits per heavy atom. The summed E-state index contributed by atoms with van der Waals surface area (Å²) < 4.78 is 0. The fraction of sp³-hybridized carbons (Fsp3) is 0.267. The van der Waals surface area contributed by atoms with Crippen molar-refractivity contribution in [1.82, 2.24) is 5.32 Å². The number of amides is 1. The van der Waals surface area contributed by atoms with Crippen LogP contribution in [-0.4, -0.2) is 22.5 Å². The maximum atomic E-state index is 11.7. The molecule has 0 spiro atoms. The lowest BCUT2D eigenvalue weighted by molar-refractivity contribution is -0.138. The van der Waals surface area contributed by atoms with Gasteiger partial charge in [-0.3, -0.25) is 9.59 Å². The van der Waals surface area contributed by atoms with Gasteiger partial charge < -0.3 is 10.4 Å². The Morgan fingerprint density at radius 3 is 2.75 bits per heavy atom. The Morgan fingerprint density at radius 1 is 1.45 bits per heavy atom. The van der Waals surface area contributed by atoms with Crippen LogP contribution in [0.5, 0.6) is 0 Å². The highest BCUT2D eigenvalue weighted by Crippen LogP contribution is 2.09. The van der Waals surface area contributed by atoms with Gasteiger partial charge in [0.15, 0.2) is 0 Å². The molecule has 0 aliphatic carbocycles. The van der Waals surface area contributed by atoms with Crippen LogP contribution in [0, 0.1) is 11.3 Å². The summed E-state index contributed by atoms with van der Waals surface area (Å²) in [5.74, 6) is -1.35. The van der Waals surface area contributed by atoms with E-state index in [1.54, 1.807) is 44.2 Å². The number of nitrogens with one attached hydrogen (secondary N) is 1. The van der Waals surface area contributed by atoms with Crippen molar-refractivity contribution < 1.29 is 14.7 Å². The summed E-state index contributed by atoms with van der Waals surface area (Å²) in [6.07, 6.45) is 2.74. The van der Waals surface area contributed by atoms with Crippen molar-refractivity contribution in [1.29, 1.82) is 5.26 Å². The number of benzene rings is 1. The molecule has 0 aliphatic heterocycles. The lowest BCUT2D eigenvalue weighted by Gasteiger charge is -2.23. The van der Waals surface area contributed by atoms with Crippen molar-refractivity contribution in [3.63, 3.8) is 0 Å². The Labute approximate surface area is 117 Å². The standard InChI is InChI=1S/C15H16N2O3/c1-15(2,9-14(19)20)17-13(18)7-6-11-4-3-5-12(8-11)10-16/h3-8H,9H2,1-2H3,(H,17,18)(H,19,20). The molecule has 104 valence electrons. The molecule has 5 heteroatoms. The number of nitrogens with zero attached hydrogens (tertiary/aromatic N) is 1. The summed E-state index contributed by atoms with van der Waals surface area (Å²) in [5.41, 5.74) is 0.427. The molecule has 5 nitrogen and oxygen atoms in total. The van der Waals surface area contributed by atoms with Gasteiger partial charge in [0.2, 0.25) is 5.91 Å². The molecule has 0 fully saturated rings. The summed E-state index contributed by atoms with van der Waals surface area (Å²) in [6.45, 7) is 3.28. The number of hydrogen-bond donors (Lipinski definition) is 2. The van der Waals surface area contributed by atoms with E-state index in [0.717, 1.165) is 5.56 Å². The third-order valence-electron chi connectivity index (χ3n) is 2.50. The number of hydrogen-bond acceptors (Lipinski definition) is 3. The molecule has 1 aromatic carbocycles. The van der Waals surface area contributed by atoms with E-state index in [9.17, 15) is 9.59 Å². The van der Waals surface area contributed by atoms with Crippen molar-refractivity contribution in [2.75, 3.05) is 0 Å². The fourth-order valence-electron chi connectivity index (χ4n) is 1.68. The molecular formula is C15H16N2O3. The highest BCUT2D eigenvalue weighted by Gasteiger charge is 2.22. The number of carbonyl (C=O) groups excluding carboxylic acids is 1. The average molecular weight is 272 g/mol. The zero-order valence-electron chi connectivity index (χ0n) is 11.4. The maximum Gasteiger partial charge on any atom is 0.305 e. The minimum Gasteiger partial charge on any atom is -0.481 e. The van der Waals surface area contributed by atoms with Crippen molar-refractivity contribution in [2.24, 2.45) is 0 Å². The normalized spacial score (nSPS) is 11.1. The molecule has 0 aromatic heterocycles. The molecule has 0 atom stereocenters. The Balaban J connectivity index is 2.68. The SMILES string of the molecule is CC(C)(CC(=O)O)NC(=O)C=Cc1cccc(C#N)c1. The first-order valence-corrected chi connectivity index (χ1v) is 6.04. The van der Waals surface area contributed by atoms with E-state index in [1.807, 2.05) is 6.07 Å². The number of carboxylic acids is 1. The summed E-state index contributed by atoms with van der Waals surface area (Å²) in [7, 11) is 0. The van der Waals surface area contributed by atoms with E-state index in [-0.39, 0.29) is 12.3 Å². The second-order valence-corrected chi connectivity index (χ2v) is 5.01. The molecule has 1 amide bonds. The molecule has 1 rings (SSSR count). The second kappa shape index (κ2) is 6.53. The minimum atomic E-state index is -0.971. The first-order chi connectivity index (χ1) is 9.32. The van der Waals surface area contributed by atoms with Crippen molar-refractivity contribution in [3.8, 4) is 6.07 Å². The van der Waals surface area contributed by atoms with Crippen LogP contribution >= 0.6 is 0 Å². The van der Waals surface area contributed by atoms with Crippen LogP contribution < -0.4 is 5.32 Å². The van der Waals surface area contributed by atoms with Crippen LogP contribution in [0.1, 0.15) is 31.4 Å².